The van der Waals surface area contributed by atoms with Crippen molar-refractivity contribution in [2.24, 2.45) is 5.92 Å². The van der Waals surface area contributed by atoms with Gasteiger partial charge in [0, 0.05) is 25.6 Å². The Morgan fingerprint density at radius 3 is 2.81 bits per heavy atom. The molecule has 16 heavy (non-hydrogen) atoms. The molecule has 2 fully saturated rings. The van der Waals surface area contributed by atoms with E-state index in [0.29, 0.717) is 12.0 Å². The SMILES string of the molecule is CC(C)(C)OC(=O)N1CCC2OCCC2C1. The summed E-state index contributed by atoms with van der Waals surface area (Å²) < 4.78 is 11.0. The highest BCUT2D eigenvalue weighted by atomic mass is 16.6. The largest absolute Gasteiger partial charge is 0.444 e. The number of amides is 1. The molecule has 4 nitrogen and oxygen atoms in total. The summed E-state index contributed by atoms with van der Waals surface area (Å²) in [5.74, 6) is 0.515. The maximum Gasteiger partial charge on any atom is 0.410 e. The Kier molecular flexibility index (Phi) is 3.10. The minimum atomic E-state index is -0.403. The van der Waals surface area contributed by atoms with Crippen LogP contribution in [0.5, 0.6) is 0 Å². The summed E-state index contributed by atoms with van der Waals surface area (Å²) >= 11 is 0. The highest BCUT2D eigenvalue weighted by Gasteiger charge is 2.36. The van der Waals surface area contributed by atoms with Gasteiger partial charge >= 0.3 is 6.09 Å². The van der Waals surface area contributed by atoms with E-state index in [2.05, 4.69) is 0 Å². The number of ether oxygens (including phenoxy) is 2. The Bertz CT molecular complexity index is 272. The lowest BCUT2D eigenvalue weighted by atomic mass is 9.95. The van der Waals surface area contributed by atoms with Gasteiger partial charge < -0.3 is 14.4 Å². The van der Waals surface area contributed by atoms with Crippen LogP contribution in [0.3, 0.4) is 0 Å². The minimum absolute atomic E-state index is 0.183. The molecule has 2 unspecified atom stereocenters. The van der Waals surface area contributed by atoms with Gasteiger partial charge in [-0.2, -0.15) is 0 Å². The molecule has 0 aromatic rings. The lowest BCUT2D eigenvalue weighted by Crippen LogP contribution is -2.46. The van der Waals surface area contributed by atoms with E-state index in [1.807, 2.05) is 25.7 Å². The topological polar surface area (TPSA) is 38.8 Å². The van der Waals surface area contributed by atoms with E-state index in [0.717, 1.165) is 32.5 Å². The van der Waals surface area contributed by atoms with Crippen molar-refractivity contribution in [1.29, 1.82) is 0 Å². The normalized spacial score (nSPS) is 30.1. The Morgan fingerprint density at radius 1 is 1.38 bits per heavy atom. The van der Waals surface area contributed by atoms with Crippen LogP contribution in [0.4, 0.5) is 4.79 Å². The fraction of sp³-hybridized carbons (Fsp3) is 0.917. The monoisotopic (exact) mass is 227 g/mol. The maximum atomic E-state index is 11.9. The van der Waals surface area contributed by atoms with Crippen LogP contribution in [-0.4, -0.2) is 42.4 Å². The number of rotatable bonds is 0. The Labute approximate surface area is 96.9 Å². The fourth-order valence-electron chi connectivity index (χ4n) is 2.37. The molecule has 0 aromatic carbocycles. The molecule has 2 aliphatic rings. The standard InChI is InChI=1S/C12H21NO3/c1-12(2,3)16-11(14)13-6-4-10-9(8-13)5-7-15-10/h9-10H,4-8H2,1-3H3. The van der Waals surface area contributed by atoms with Crippen molar-refractivity contribution in [2.75, 3.05) is 19.7 Å². The highest BCUT2D eigenvalue weighted by molar-refractivity contribution is 5.68. The number of hydrogen-bond donors (Lipinski definition) is 0. The molecule has 0 N–H and O–H groups in total. The lowest BCUT2D eigenvalue weighted by Gasteiger charge is -2.35. The van der Waals surface area contributed by atoms with E-state index < -0.39 is 5.60 Å². The summed E-state index contributed by atoms with van der Waals surface area (Å²) in [5, 5.41) is 0. The molecular formula is C12H21NO3. The number of likely N-dealkylation sites (tertiary alicyclic amines) is 1. The summed E-state index contributed by atoms with van der Waals surface area (Å²) in [5.41, 5.74) is -0.403. The zero-order chi connectivity index (χ0) is 11.8. The average molecular weight is 227 g/mol. The summed E-state index contributed by atoms with van der Waals surface area (Å²) in [6, 6.07) is 0. The molecule has 2 rings (SSSR count). The van der Waals surface area contributed by atoms with E-state index in [1.54, 1.807) is 0 Å². The van der Waals surface area contributed by atoms with Gasteiger partial charge in [0.25, 0.3) is 0 Å². The molecule has 0 aliphatic carbocycles. The first-order valence-corrected chi connectivity index (χ1v) is 6.05. The molecule has 92 valence electrons. The Hall–Kier alpha value is -0.770. The lowest BCUT2D eigenvalue weighted by molar-refractivity contribution is -0.00202. The van der Waals surface area contributed by atoms with Crippen LogP contribution in [0.1, 0.15) is 33.6 Å². The summed E-state index contributed by atoms with van der Waals surface area (Å²) in [4.78, 5) is 13.7. The molecule has 2 saturated heterocycles. The summed E-state index contributed by atoms with van der Waals surface area (Å²) in [6.07, 6.45) is 2.21. The van der Waals surface area contributed by atoms with Crippen LogP contribution >= 0.6 is 0 Å². The first-order chi connectivity index (χ1) is 7.46. The van der Waals surface area contributed by atoms with E-state index >= 15 is 0 Å². The van der Waals surface area contributed by atoms with E-state index in [9.17, 15) is 4.79 Å². The van der Waals surface area contributed by atoms with Gasteiger partial charge in [-0.1, -0.05) is 0 Å². The number of piperidine rings is 1. The number of nitrogens with zero attached hydrogens (tertiary/aromatic N) is 1. The van der Waals surface area contributed by atoms with Gasteiger partial charge in [0.15, 0.2) is 0 Å². The predicted molar refractivity (Wildman–Crippen MR) is 60.3 cm³/mol. The number of hydrogen-bond acceptors (Lipinski definition) is 3. The predicted octanol–water partition coefficient (Wildman–Crippen LogP) is 2.03. The van der Waals surface area contributed by atoms with Crippen molar-refractivity contribution >= 4 is 6.09 Å². The van der Waals surface area contributed by atoms with Crippen molar-refractivity contribution in [2.45, 2.75) is 45.3 Å². The fourth-order valence-corrected chi connectivity index (χ4v) is 2.37. The number of fused-ring (bicyclic) bond motifs is 1. The minimum Gasteiger partial charge on any atom is -0.444 e. The van der Waals surface area contributed by atoms with E-state index in [1.165, 1.54) is 0 Å². The molecule has 0 aromatic heterocycles. The van der Waals surface area contributed by atoms with Gasteiger partial charge in [-0.3, -0.25) is 0 Å². The van der Waals surface area contributed by atoms with Crippen LogP contribution in [-0.2, 0) is 9.47 Å². The van der Waals surface area contributed by atoms with Crippen molar-refractivity contribution < 1.29 is 14.3 Å². The number of carbonyl (C=O) groups is 1. The molecule has 0 spiro atoms. The number of carbonyl (C=O) groups excluding carboxylic acids is 1. The first-order valence-electron chi connectivity index (χ1n) is 6.05. The molecule has 0 saturated carbocycles. The third-order valence-electron chi connectivity index (χ3n) is 3.14. The van der Waals surface area contributed by atoms with Gasteiger partial charge in [-0.05, 0) is 33.6 Å². The van der Waals surface area contributed by atoms with Crippen LogP contribution in [0.15, 0.2) is 0 Å². The van der Waals surface area contributed by atoms with Crippen molar-refractivity contribution in [3.63, 3.8) is 0 Å². The second-order valence-corrected chi connectivity index (χ2v) is 5.67. The van der Waals surface area contributed by atoms with Crippen LogP contribution in [0.2, 0.25) is 0 Å². The molecule has 4 heteroatoms. The first kappa shape index (κ1) is 11.7. The average Bonchev–Trinajstić information content (AvgIpc) is 2.61. The summed E-state index contributed by atoms with van der Waals surface area (Å²) in [7, 11) is 0. The van der Waals surface area contributed by atoms with Gasteiger partial charge in [0.05, 0.1) is 6.10 Å². The third-order valence-corrected chi connectivity index (χ3v) is 3.14. The second-order valence-electron chi connectivity index (χ2n) is 5.67. The van der Waals surface area contributed by atoms with Crippen molar-refractivity contribution in [3.8, 4) is 0 Å². The molecule has 2 atom stereocenters. The zero-order valence-electron chi connectivity index (χ0n) is 10.4. The van der Waals surface area contributed by atoms with Crippen LogP contribution in [0, 0.1) is 5.92 Å². The highest BCUT2D eigenvalue weighted by Crippen LogP contribution is 2.29. The zero-order valence-corrected chi connectivity index (χ0v) is 10.4. The summed E-state index contributed by atoms with van der Waals surface area (Å²) in [6.45, 7) is 8.09. The molecular weight excluding hydrogens is 206 g/mol. The third kappa shape index (κ3) is 2.67. The molecule has 0 radical (unpaired) electrons. The van der Waals surface area contributed by atoms with Gasteiger partial charge in [-0.25, -0.2) is 4.79 Å². The van der Waals surface area contributed by atoms with Gasteiger partial charge in [0.1, 0.15) is 5.60 Å². The van der Waals surface area contributed by atoms with Crippen molar-refractivity contribution in [3.05, 3.63) is 0 Å². The van der Waals surface area contributed by atoms with Gasteiger partial charge in [0.2, 0.25) is 0 Å². The van der Waals surface area contributed by atoms with E-state index in [-0.39, 0.29) is 6.09 Å². The molecule has 1 amide bonds. The van der Waals surface area contributed by atoms with Crippen molar-refractivity contribution in [1.82, 2.24) is 4.90 Å². The Morgan fingerprint density at radius 2 is 2.12 bits per heavy atom. The maximum absolute atomic E-state index is 11.9. The molecule has 0 bridgehead atoms. The van der Waals surface area contributed by atoms with Gasteiger partial charge in [-0.15, -0.1) is 0 Å². The quantitative estimate of drug-likeness (QED) is 0.635. The van der Waals surface area contributed by atoms with E-state index in [4.69, 9.17) is 9.47 Å². The smallest absolute Gasteiger partial charge is 0.410 e. The van der Waals surface area contributed by atoms with Crippen LogP contribution < -0.4 is 0 Å². The molecule has 2 heterocycles. The second kappa shape index (κ2) is 4.24. The Balaban J connectivity index is 1.89. The van der Waals surface area contributed by atoms with Crippen LogP contribution in [0.25, 0.3) is 0 Å². The molecule has 2 aliphatic heterocycles.